The number of aliphatic hydroxyl groups is 1. The standard InChI is InChI=1S/C17H26N4O2/c22-14-4-3-9-20(12-14)15-5-8-18-16(19-15)21-10-11-23-17(13-21)6-1-2-7-17/h5,8,14,22H,1-4,6-7,9-13H2/t14-/m0/s1. The second-order valence-corrected chi connectivity index (χ2v) is 7.12. The minimum absolute atomic E-state index is 0.0267. The van der Waals surface area contributed by atoms with Gasteiger partial charge in [0, 0.05) is 32.4 Å². The van der Waals surface area contributed by atoms with Crippen molar-refractivity contribution in [3.8, 4) is 0 Å². The van der Waals surface area contributed by atoms with Crippen molar-refractivity contribution in [3.63, 3.8) is 0 Å². The van der Waals surface area contributed by atoms with Crippen LogP contribution in [-0.2, 0) is 4.74 Å². The first-order chi connectivity index (χ1) is 11.2. The topological polar surface area (TPSA) is 61.7 Å². The van der Waals surface area contributed by atoms with Crippen LogP contribution in [-0.4, -0.2) is 59.6 Å². The van der Waals surface area contributed by atoms with Gasteiger partial charge in [-0.2, -0.15) is 4.98 Å². The van der Waals surface area contributed by atoms with Gasteiger partial charge in [-0.1, -0.05) is 12.8 Å². The average Bonchev–Trinajstić information content (AvgIpc) is 3.03. The lowest BCUT2D eigenvalue weighted by Crippen LogP contribution is -2.51. The molecule has 0 bridgehead atoms. The first-order valence-electron chi connectivity index (χ1n) is 8.89. The summed E-state index contributed by atoms with van der Waals surface area (Å²) in [6.07, 6.45) is 8.34. The molecule has 4 rings (SSSR count). The molecule has 1 aliphatic carbocycles. The number of piperidine rings is 1. The van der Waals surface area contributed by atoms with Crippen molar-refractivity contribution >= 4 is 11.8 Å². The largest absolute Gasteiger partial charge is 0.391 e. The Morgan fingerprint density at radius 1 is 1.17 bits per heavy atom. The normalized spacial score (nSPS) is 27.6. The number of β-amino-alcohol motifs (C(OH)–C–C–N with tert-alkyl or cyclic N) is 1. The third-order valence-electron chi connectivity index (χ3n) is 5.39. The molecular formula is C17H26N4O2. The highest BCUT2D eigenvalue weighted by Gasteiger charge is 2.40. The Morgan fingerprint density at radius 3 is 2.87 bits per heavy atom. The highest BCUT2D eigenvalue weighted by Crippen LogP contribution is 2.36. The lowest BCUT2D eigenvalue weighted by Gasteiger charge is -2.40. The van der Waals surface area contributed by atoms with Crippen molar-refractivity contribution in [1.29, 1.82) is 0 Å². The molecule has 3 aliphatic rings. The quantitative estimate of drug-likeness (QED) is 0.893. The van der Waals surface area contributed by atoms with Gasteiger partial charge in [-0.05, 0) is 31.7 Å². The number of rotatable bonds is 2. The molecule has 1 N–H and O–H groups in total. The Balaban J connectivity index is 1.51. The van der Waals surface area contributed by atoms with Crippen molar-refractivity contribution in [1.82, 2.24) is 9.97 Å². The van der Waals surface area contributed by atoms with Gasteiger partial charge in [0.1, 0.15) is 5.82 Å². The van der Waals surface area contributed by atoms with Crippen LogP contribution in [0.3, 0.4) is 0 Å². The summed E-state index contributed by atoms with van der Waals surface area (Å²) in [5, 5.41) is 9.89. The number of nitrogens with zero attached hydrogens (tertiary/aromatic N) is 4. The number of hydrogen-bond acceptors (Lipinski definition) is 6. The molecule has 0 radical (unpaired) electrons. The lowest BCUT2D eigenvalue weighted by atomic mass is 10.00. The summed E-state index contributed by atoms with van der Waals surface area (Å²) < 4.78 is 6.10. The van der Waals surface area contributed by atoms with Crippen LogP contribution in [0.2, 0.25) is 0 Å². The summed E-state index contributed by atoms with van der Waals surface area (Å²) in [6.45, 7) is 4.15. The summed E-state index contributed by atoms with van der Waals surface area (Å²) in [5.41, 5.74) is 0.0267. The number of anilines is 2. The second-order valence-electron chi connectivity index (χ2n) is 7.12. The second kappa shape index (κ2) is 6.24. The molecule has 1 aromatic heterocycles. The molecule has 6 heteroatoms. The van der Waals surface area contributed by atoms with E-state index in [4.69, 9.17) is 9.72 Å². The van der Waals surface area contributed by atoms with Gasteiger partial charge in [-0.25, -0.2) is 4.98 Å². The van der Waals surface area contributed by atoms with E-state index in [0.29, 0.717) is 6.54 Å². The summed E-state index contributed by atoms with van der Waals surface area (Å²) >= 11 is 0. The smallest absolute Gasteiger partial charge is 0.227 e. The van der Waals surface area contributed by atoms with Gasteiger partial charge < -0.3 is 19.6 Å². The molecule has 23 heavy (non-hydrogen) atoms. The molecule has 0 aromatic carbocycles. The van der Waals surface area contributed by atoms with E-state index >= 15 is 0 Å². The monoisotopic (exact) mass is 318 g/mol. The first-order valence-corrected chi connectivity index (χ1v) is 8.89. The van der Waals surface area contributed by atoms with Gasteiger partial charge >= 0.3 is 0 Å². The molecule has 2 aliphatic heterocycles. The minimum atomic E-state index is -0.243. The molecule has 2 saturated heterocycles. The van der Waals surface area contributed by atoms with E-state index in [1.54, 1.807) is 0 Å². The molecule has 6 nitrogen and oxygen atoms in total. The number of morpholine rings is 1. The summed E-state index contributed by atoms with van der Waals surface area (Å²) in [6, 6.07) is 1.95. The molecule has 1 saturated carbocycles. The SMILES string of the molecule is O[C@H]1CCCN(c2ccnc(N3CCOC4(CCCC4)C3)n2)C1. The number of aromatic nitrogens is 2. The van der Waals surface area contributed by atoms with Gasteiger partial charge in [0.05, 0.1) is 18.3 Å². The lowest BCUT2D eigenvalue weighted by molar-refractivity contribution is -0.0505. The zero-order valence-corrected chi connectivity index (χ0v) is 13.7. The van der Waals surface area contributed by atoms with E-state index in [0.717, 1.165) is 63.7 Å². The van der Waals surface area contributed by atoms with Crippen LogP contribution in [0.25, 0.3) is 0 Å². The zero-order chi connectivity index (χ0) is 15.7. The molecule has 1 spiro atoms. The average molecular weight is 318 g/mol. The van der Waals surface area contributed by atoms with E-state index in [2.05, 4.69) is 14.8 Å². The van der Waals surface area contributed by atoms with Crippen LogP contribution >= 0.6 is 0 Å². The summed E-state index contributed by atoms with van der Waals surface area (Å²) in [5.74, 6) is 1.73. The Morgan fingerprint density at radius 2 is 2.04 bits per heavy atom. The highest BCUT2D eigenvalue weighted by molar-refractivity contribution is 5.44. The fourth-order valence-electron chi connectivity index (χ4n) is 4.17. The van der Waals surface area contributed by atoms with Crippen LogP contribution in [0.15, 0.2) is 12.3 Å². The van der Waals surface area contributed by atoms with E-state index in [9.17, 15) is 5.11 Å². The third kappa shape index (κ3) is 3.15. The van der Waals surface area contributed by atoms with E-state index in [-0.39, 0.29) is 11.7 Å². The van der Waals surface area contributed by atoms with Gasteiger partial charge in [0.2, 0.25) is 5.95 Å². The zero-order valence-electron chi connectivity index (χ0n) is 13.7. The number of ether oxygens (including phenoxy) is 1. The third-order valence-corrected chi connectivity index (χ3v) is 5.39. The van der Waals surface area contributed by atoms with Crippen molar-refractivity contribution in [2.75, 3.05) is 42.6 Å². The number of hydrogen-bond donors (Lipinski definition) is 1. The Labute approximate surface area is 137 Å². The molecule has 0 unspecified atom stereocenters. The number of aliphatic hydroxyl groups excluding tert-OH is 1. The molecular weight excluding hydrogens is 292 g/mol. The maximum Gasteiger partial charge on any atom is 0.227 e. The molecule has 1 atom stereocenters. The minimum Gasteiger partial charge on any atom is -0.391 e. The van der Waals surface area contributed by atoms with Crippen LogP contribution < -0.4 is 9.80 Å². The maximum absolute atomic E-state index is 9.89. The summed E-state index contributed by atoms with van der Waals surface area (Å²) in [7, 11) is 0. The Hall–Kier alpha value is -1.40. The Bertz CT molecular complexity index is 547. The molecule has 0 amide bonds. The van der Waals surface area contributed by atoms with E-state index < -0.39 is 0 Å². The summed E-state index contributed by atoms with van der Waals surface area (Å²) in [4.78, 5) is 13.7. The van der Waals surface area contributed by atoms with Crippen LogP contribution in [0.4, 0.5) is 11.8 Å². The van der Waals surface area contributed by atoms with Gasteiger partial charge in [0.25, 0.3) is 0 Å². The van der Waals surface area contributed by atoms with Gasteiger partial charge in [-0.15, -0.1) is 0 Å². The van der Waals surface area contributed by atoms with Crippen LogP contribution in [0, 0.1) is 0 Å². The van der Waals surface area contributed by atoms with Gasteiger partial charge in [0.15, 0.2) is 0 Å². The Kier molecular flexibility index (Phi) is 4.11. The maximum atomic E-state index is 9.89. The van der Waals surface area contributed by atoms with Crippen molar-refractivity contribution in [3.05, 3.63) is 12.3 Å². The van der Waals surface area contributed by atoms with Gasteiger partial charge in [-0.3, -0.25) is 0 Å². The molecule has 3 fully saturated rings. The predicted molar refractivity (Wildman–Crippen MR) is 88.8 cm³/mol. The van der Waals surface area contributed by atoms with Crippen molar-refractivity contribution in [2.45, 2.75) is 50.2 Å². The fraction of sp³-hybridized carbons (Fsp3) is 0.765. The molecule has 1 aromatic rings. The van der Waals surface area contributed by atoms with E-state index in [1.165, 1.54) is 12.8 Å². The molecule has 3 heterocycles. The van der Waals surface area contributed by atoms with Crippen molar-refractivity contribution in [2.24, 2.45) is 0 Å². The van der Waals surface area contributed by atoms with Crippen molar-refractivity contribution < 1.29 is 9.84 Å². The van der Waals surface area contributed by atoms with Crippen LogP contribution in [0.1, 0.15) is 38.5 Å². The molecule has 126 valence electrons. The first kappa shape index (κ1) is 15.1. The highest BCUT2D eigenvalue weighted by atomic mass is 16.5. The fourth-order valence-corrected chi connectivity index (χ4v) is 4.17. The van der Waals surface area contributed by atoms with Crippen LogP contribution in [0.5, 0.6) is 0 Å². The van der Waals surface area contributed by atoms with E-state index in [1.807, 2.05) is 12.3 Å². The predicted octanol–water partition coefficient (Wildman–Crippen LogP) is 1.59.